The van der Waals surface area contributed by atoms with Crippen molar-refractivity contribution in [2.45, 2.75) is 52.4 Å². The SMILES string of the molecule is CCCCc1[c]c2ccccc2cc1CCCC. The Kier molecular flexibility index (Phi) is 4.81. The number of unbranched alkanes of at least 4 members (excludes halogenated alkanes) is 2. The Hall–Kier alpha value is -1.30. The van der Waals surface area contributed by atoms with Crippen molar-refractivity contribution < 1.29 is 0 Å². The number of aryl methyl sites for hydroxylation is 2. The van der Waals surface area contributed by atoms with Crippen LogP contribution in [0.25, 0.3) is 10.8 Å². The van der Waals surface area contributed by atoms with Crippen LogP contribution in [0.1, 0.15) is 50.7 Å². The first-order valence-electron chi connectivity index (χ1n) is 7.28. The second kappa shape index (κ2) is 6.58. The normalized spacial score (nSPS) is 11.0. The van der Waals surface area contributed by atoms with Gasteiger partial charge in [-0.25, -0.2) is 0 Å². The van der Waals surface area contributed by atoms with E-state index >= 15 is 0 Å². The molecule has 2 aromatic carbocycles. The van der Waals surface area contributed by atoms with Crippen LogP contribution >= 0.6 is 0 Å². The molecule has 0 saturated carbocycles. The molecule has 0 atom stereocenters. The molecule has 0 aliphatic rings. The summed E-state index contributed by atoms with van der Waals surface area (Å²) < 4.78 is 0. The van der Waals surface area contributed by atoms with Crippen LogP contribution in [0.15, 0.2) is 30.3 Å². The first-order valence-corrected chi connectivity index (χ1v) is 7.28. The summed E-state index contributed by atoms with van der Waals surface area (Å²) in [5.74, 6) is 0. The highest BCUT2D eigenvalue weighted by Crippen LogP contribution is 2.22. The van der Waals surface area contributed by atoms with E-state index in [2.05, 4.69) is 50.2 Å². The lowest BCUT2D eigenvalue weighted by Gasteiger charge is -2.11. The fraction of sp³-hybridized carbons (Fsp3) is 0.444. The van der Waals surface area contributed by atoms with Gasteiger partial charge in [-0.05, 0) is 53.6 Å². The lowest BCUT2D eigenvalue weighted by molar-refractivity contribution is 0.759. The van der Waals surface area contributed by atoms with Crippen LogP contribution in [0.5, 0.6) is 0 Å². The van der Waals surface area contributed by atoms with Crippen molar-refractivity contribution in [3.63, 3.8) is 0 Å². The Bertz CT molecular complexity index is 450. The summed E-state index contributed by atoms with van der Waals surface area (Å²) in [7, 11) is 0. The number of hydrogen-bond donors (Lipinski definition) is 0. The van der Waals surface area contributed by atoms with Crippen LogP contribution in [0.4, 0.5) is 0 Å². The van der Waals surface area contributed by atoms with Gasteiger partial charge < -0.3 is 0 Å². The monoisotopic (exact) mass is 239 g/mol. The van der Waals surface area contributed by atoms with E-state index in [0.29, 0.717) is 0 Å². The van der Waals surface area contributed by atoms with Crippen molar-refractivity contribution in [1.82, 2.24) is 0 Å². The Morgan fingerprint density at radius 2 is 1.67 bits per heavy atom. The van der Waals surface area contributed by atoms with E-state index in [1.165, 1.54) is 60.4 Å². The van der Waals surface area contributed by atoms with Gasteiger partial charge in [-0.1, -0.05) is 57.0 Å². The molecule has 1 radical (unpaired) electrons. The van der Waals surface area contributed by atoms with Gasteiger partial charge in [-0.3, -0.25) is 0 Å². The van der Waals surface area contributed by atoms with Gasteiger partial charge in [0, 0.05) is 0 Å². The van der Waals surface area contributed by atoms with E-state index in [0.717, 1.165) is 0 Å². The van der Waals surface area contributed by atoms with Crippen LogP contribution in [0.3, 0.4) is 0 Å². The average molecular weight is 239 g/mol. The van der Waals surface area contributed by atoms with Crippen LogP contribution in [-0.2, 0) is 12.8 Å². The molecule has 0 aliphatic carbocycles. The fourth-order valence-corrected chi connectivity index (χ4v) is 2.42. The van der Waals surface area contributed by atoms with Gasteiger partial charge in [0.25, 0.3) is 0 Å². The predicted molar refractivity (Wildman–Crippen MR) is 80.0 cm³/mol. The summed E-state index contributed by atoms with van der Waals surface area (Å²) in [5, 5.41) is 2.60. The maximum atomic E-state index is 3.64. The summed E-state index contributed by atoms with van der Waals surface area (Å²) in [4.78, 5) is 0. The topological polar surface area (TPSA) is 0 Å². The van der Waals surface area contributed by atoms with E-state index in [1.807, 2.05) is 0 Å². The number of benzene rings is 2. The van der Waals surface area contributed by atoms with E-state index in [4.69, 9.17) is 0 Å². The highest BCUT2D eigenvalue weighted by Gasteiger charge is 2.05. The maximum absolute atomic E-state index is 3.64. The molecule has 18 heavy (non-hydrogen) atoms. The summed E-state index contributed by atoms with van der Waals surface area (Å²) in [6.07, 6.45) is 7.46. The van der Waals surface area contributed by atoms with Gasteiger partial charge >= 0.3 is 0 Å². The Morgan fingerprint density at radius 3 is 2.44 bits per heavy atom. The van der Waals surface area contributed by atoms with Crippen LogP contribution < -0.4 is 0 Å². The van der Waals surface area contributed by atoms with Crippen LogP contribution in [0.2, 0.25) is 0 Å². The summed E-state index contributed by atoms with van der Waals surface area (Å²) in [6.45, 7) is 4.52. The zero-order valence-corrected chi connectivity index (χ0v) is 11.6. The number of rotatable bonds is 6. The highest BCUT2D eigenvalue weighted by molar-refractivity contribution is 5.83. The van der Waals surface area contributed by atoms with Crippen LogP contribution in [-0.4, -0.2) is 0 Å². The van der Waals surface area contributed by atoms with Crippen molar-refractivity contribution in [3.05, 3.63) is 47.5 Å². The first-order chi connectivity index (χ1) is 8.85. The third-order valence-electron chi connectivity index (χ3n) is 3.54. The number of fused-ring (bicyclic) bond motifs is 1. The molecular weight excluding hydrogens is 216 g/mol. The molecule has 0 bridgehead atoms. The summed E-state index contributed by atoms with van der Waals surface area (Å²) >= 11 is 0. The largest absolute Gasteiger partial charge is 0.0654 e. The molecule has 0 unspecified atom stereocenters. The van der Waals surface area contributed by atoms with Crippen molar-refractivity contribution in [2.75, 3.05) is 0 Å². The molecular formula is C18H23. The lowest BCUT2D eigenvalue weighted by atomic mass is 9.94. The Labute approximate surface area is 111 Å². The average Bonchev–Trinajstić information content (AvgIpc) is 2.42. The molecule has 0 heteroatoms. The van der Waals surface area contributed by atoms with E-state index in [9.17, 15) is 0 Å². The second-order valence-electron chi connectivity index (χ2n) is 5.07. The standard InChI is InChI=1S/C18H23/c1-3-5-9-15-13-17-11-7-8-12-18(17)14-16(15)10-6-4-2/h7-8,11-13H,3-6,9-10H2,1-2H3. The molecule has 0 spiro atoms. The third kappa shape index (κ3) is 3.13. The van der Waals surface area contributed by atoms with Crippen molar-refractivity contribution in [2.24, 2.45) is 0 Å². The van der Waals surface area contributed by atoms with Crippen molar-refractivity contribution >= 4 is 10.8 Å². The Morgan fingerprint density at radius 1 is 0.944 bits per heavy atom. The minimum atomic E-state index is 1.18. The lowest BCUT2D eigenvalue weighted by Crippen LogP contribution is -1.96. The predicted octanol–water partition coefficient (Wildman–Crippen LogP) is 5.33. The van der Waals surface area contributed by atoms with Crippen molar-refractivity contribution in [1.29, 1.82) is 0 Å². The quantitative estimate of drug-likeness (QED) is 0.639. The molecule has 0 saturated heterocycles. The first kappa shape index (κ1) is 13.1. The van der Waals surface area contributed by atoms with Gasteiger partial charge in [0.1, 0.15) is 0 Å². The van der Waals surface area contributed by atoms with E-state index in [1.54, 1.807) is 0 Å². The van der Waals surface area contributed by atoms with Gasteiger partial charge in [0.2, 0.25) is 0 Å². The second-order valence-corrected chi connectivity index (χ2v) is 5.07. The van der Waals surface area contributed by atoms with E-state index in [-0.39, 0.29) is 0 Å². The number of hydrogen-bond acceptors (Lipinski definition) is 0. The molecule has 0 N–H and O–H groups in total. The molecule has 0 aliphatic heterocycles. The zero-order valence-electron chi connectivity index (χ0n) is 11.6. The summed E-state index contributed by atoms with van der Waals surface area (Å²) in [6, 6.07) is 14.6. The van der Waals surface area contributed by atoms with E-state index < -0.39 is 0 Å². The highest BCUT2D eigenvalue weighted by atomic mass is 14.1. The molecule has 2 rings (SSSR count). The van der Waals surface area contributed by atoms with Gasteiger partial charge in [-0.15, -0.1) is 0 Å². The minimum Gasteiger partial charge on any atom is -0.0654 e. The fourth-order valence-electron chi connectivity index (χ4n) is 2.42. The van der Waals surface area contributed by atoms with Gasteiger partial charge in [0.15, 0.2) is 0 Å². The molecule has 0 heterocycles. The zero-order chi connectivity index (χ0) is 12.8. The Balaban J connectivity index is 2.35. The van der Waals surface area contributed by atoms with Gasteiger partial charge in [0.05, 0.1) is 0 Å². The molecule has 0 fully saturated rings. The van der Waals surface area contributed by atoms with Crippen LogP contribution in [0, 0.1) is 6.07 Å². The molecule has 2 aromatic rings. The summed E-state index contributed by atoms with van der Waals surface area (Å²) in [5.41, 5.74) is 2.97. The molecule has 0 amide bonds. The molecule has 0 nitrogen and oxygen atoms in total. The smallest absolute Gasteiger partial charge is 0.00614 e. The molecule has 95 valence electrons. The van der Waals surface area contributed by atoms with Gasteiger partial charge in [-0.2, -0.15) is 0 Å². The molecule has 0 aromatic heterocycles. The third-order valence-corrected chi connectivity index (χ3v) is 3.54. The maximum Gasteiger partial charge on any atom is -0.00614 e. The minimum absolute atomic E-state index is 1.18. The van der Waals surface area contributed by atoms with Crippen molar-refractivity contribution in [3.8, 4) is 0 Å².